The van der Waals surface area contributed by atoms with Gasteiger partial charge in [-0.15, -0.1) is 11.3 Å². The van der Waals surface area contributed by atoms with E-state index in [1.807, 2.05) is 10.3 Å². The van der Waals surface area contributed by atoms with Gasteiger partial charge in [0.15, 0.2) is 0 Å². The molecule has 2 aliphatic rings. The molecule has 1 saturated heterocycles. The normalized spacial score (nSPS) is 22.0. The van der Waals surface area contributed by atoms with Crippen molar-refractivity contribution in [3.63, 3.8) is 0 Å². The second-order valence-corrected chi connectivity index (χ2v) is 7.58. The molecule has 126 valence electrons. The highest BCUT2D eigenvalue weighted by molar-refractivity contribution is 7.09. The Bertz CT molecular complexity index is 566. The van der Waals surface area contributed by atoms with Gasteiger partial charge >= 0.3 is 0 Å². The van der Waals surface area contributed by atoms with Gasteiger partial charge in [-0.25, -0.2) is 4.98 Å². The van der Waals surface area contributed by atoms with E-state index in [0.717, 1.165) is 37.2 Å². The molecule has 2 fully saturated rings. The summed E-state index contributed by atoms with van der Waals surface area (Å²) in [5.74, 6) is 0.381. The number of nitrogens with zero attached hydrogens (tertiary/aromatic N) is 2. The average Bonchev–Trinajstić information content (AvgIpc) is 3.25. The van der Waals surface area contributed by atoms with Gasteiger partial charge < -0.3 is 10.2 Å². The van der Waals surface area contributed by atoms with Crippen molar-refractivity contribution in [2.75, 3.05) is 13.1 Å². The van der Waals surface area contributed by atoms with Gasteiger partial charge in [-0.05, 0) is 25.7 Å². The molecule has 0 bridgehead atoms. The summed E-state index contributed by atoms with van der Waals surface area (Å²) < 4.78 is 0. The lowest BCUT2D eigenvalue weighted by Crippen LogP contribution is -2.36. The number of hydrogen-bond acceptors (Lipinski definition) is 4. The predicted octanol–water partition coefficient (Wildman–Crippen LogP) is 2.62. The fraction of sp³-hybridized carbons (Fsp3) is 0.706. The van der Waals surface area contributed by atoms with Crippen molar-refractivity contribution < 1.29 is 9.59 Å². The summed E-state index contributed by atoms with van der Waals surface area (Å²) in [7, 11) is 0. The molecule has 1 N–H and O–H groups in total. The molecule has 2 heterocycles. The van der Waals surface area contributed by atoms with Crippen molar-refractivity contribution in [2.45, 2.75) is 57.9 Å². The summed E-state index contributed by atoms with van der Waals surface area (Å²) in [6.45, 7) is 3.46. The van der Waals surface area contributed by atoms with Gasteiger partial charge in [0.05, 0.1) is 5.01 Å². The minimum atomic E-state index is -0.115. The smallest absolute Gasteiger partial charge is 0.270 e. The standard InChI is InChI=1S/C17H25N3O2S/c1-2-5-15-19-14(11-23-15)17(22)18-9-12-8-16(21)20(10-12)13-6-3-4-7-13/h11-13H,2-10H2,1H3,(H,18,22). The van der Waals surface area contributed by atoms with Crippen LogP contribution >= 0.6 is 11.3 Å². The first-order valence-electron chi connectivity index (χ1n) is 8.69. The van der Waals surface area contributed by atoms with Crippen LogP contribution in [-0.4, -0.2) is 40.8 Å². The molecule has 23 heavy (non-hydrogen) atoms. The Morgan fingerprint density at radius 3 is 2.96 bits per heavy atom. The Morgan fingerprint density at radius 1 is 1.43 bits per heavy atom. The summed E-state index contributed by atoms with van der Waals surface area (Å²) in [6, 6.07) is 0.443. The monoisotopic (exact) mass is 335 g/mol. The molecular weight excluding hydrogens is 310 g/mol. The minimum absolute atomic E-state index is 0.115. The number of rotatable bonds is 6. The maximum absolute atomic E-state index is 12.2. The van der Waals surface area contributed by atoms with E-state index in [4.69, 9.17) is 0 Å². The SMILES string of the molecule is CCCc1nc(C(=O)NCC2CC(=O)N(C3CCCC3)C2)cs1. The topological polar surface area (TPSA) is 62.3 Å². The quantitative estimate of drug-likeness (QED) is 0.869. The Hall–Kier alpha value is -1.43. The fourth-order valence-corrected chi connectivity index (χ4v) is 4.47. The number of carbonyl (C=O) groups is 2. The van der Waals surface area contributed by atoms with Gasteiger partial charge in [-0.3, -0.25) is 9.59 Å². The number of aromatic nitrogens is 1. The zero-order chi connectivity index (χ0) is 16.2. The van der Waals surface area contributed by atoms with Gasteiger partial charge in [0, 0.05) is 36.9 Å². The number of nitrogens with one attached hydrogen (secondary N) is 1. The molecule has 3 rings (SSSR count). The average molecular weight is 335 g/mol. The van der Waals surface area contributed by atoms with Gasteiger partial charge in [0.25, 0.3) is 5.91 Å². The third-order valence-electron chi connectivity index (χ3n) is 4.80. The lowest BCUT2D eigenvalue weighted by atomic mass is 10.1. The lowest BCUT2D eigenvalue weighted by molar-refractivity contribution is -0.129. The van der Waals surface area contributed by atoms with E-state index in [9.17, 15) is 9.59 Å². The van der Waals surface area contributed by atoms with E-state index in [1.54, 1.807) is 11.3 Å². The third kappa shape index (κ3) is 3.91. The molecule has 1 aliphatic heterocycles. The van der Waals surface area contributed by atoms with E-state index in [-0.39, 0.29) is 17.7 Å². The molecule has 1 aromatic rings. The Labute approximate surface area is 141 Å². The molecule has 5 nitrogen and oxygen atoms in total. The van der Waals surface area contributed by atoms with Crippen molar-refractivity contribution in [3.8, 4) is 0 Å². The van der Waals surface area contributed by atoms with Gasteiger partial charge in [0.1, 0.15) is 5.69 Å². The summed E-state index contributed by atoms with van der Waals surface area (Å²) in [4.78, 5) is 30.8. The molecule has 0 spiro atoms. The molecular formula is C17H25N3O2S. The van der Waals surface area contributed by atoms with E-state index in [0.29, 0.717) is 24.7 Å². The zero-order valence-corrected chi connectivity index (χ0v) is 14.5. The number of carbonyl (C=O) groups excluding carboxylic acids is 2. The van der Waals surface area contributed by atoms with E-state index in [2.05, 4.69) is 17.2 Å². The van der Waals surface area contributed by atoms with E-state index < -0.39 is 0 Å². The van der Waals surface area contributed by atoms with Crippen LogP contribution in [0.4, 0.5) is 0 Å². The highest BCUT2D eigenvalue weighted by atomic mass is 32.1. The fourth-order valence-electron chi connectivity index (χ4n) is 3.59. The number of aryl methyl sites for hydroxylation is 1. The minimum Gasteiger partial charge on any atom is -0.350 e. The van der Waals surface area contributed by atoms with Crippen LogP contribution in [0, 0.1) is 5.92 Å². The van der Waals surface area contributed by atoms with Crippen LogP contribution in [0.5, 0.6) is 0 Å². The van der Waals surface area contributed by atoms with Gasteiger partial charge in [0.2, 0.25) is 5.91 Å². The van der Waals surface area contributed by atoms with Gasteiger partial charge in [-0.2, -0.15) is 0 Å². The first-order valence-corrected chi connectivity index (χ1v) is 9.57. The van der Waals surface area contributed by atoms with Crippen molar-refractivity contribution in [3.05, 3.63) is 16.1 Å². The van der Waals surface area contributed by atoms with Crippen LogP contribution in [0.15, 0.2) is 5.38 Å². The Kier molecular flexibility index (Phi) is 5.30. The van der Waals surface area contributed by atoms with Crippen LogP contribution < -0.4 is 5.32 Å². The molecule has 1 aliphatic carbocycles. The molecule has 1 aromatic heterocycles. The summed E-state index contributed by atoms with van der Waals surface area (Å²) in [6.07, 6.45) is 7.28. The number of likely N-dealkylation sites (tertiary alicyclic amines) is 1. The van der Waals surface area contributed by atoms with Crippen LogP contribution in [-0.2, 0) is 11.2 Å². The first-order chi connectivity index (χ1) is 11.2. The Balaban J connectivity index is 1.48. The second kappa shape index (κ2) is 7.43. The van der Waals surface area contributed by atoms with Crippen LogP contribution in [0.25, 0.3) is 0 Å². The Morgan fingerprint density at radius 2 is 2.22 bits per heavy atom. The number of hydrogen-bond donors (Lipinski definition) is 1. The molecule has 0 aromatic carbocycles. The zero-order valence-electron chi connectivity index (χ0n) is 13.7. The second-order valence-electron chi connectivity index (χ2n) is 6.64. The summed E-state index contributed by atoms with van der Waals surface area (Å²) >= 11 is 1.54. The highest BCUT2D eigenvalue weighted by Crippen LogP contribution is 2.29. The lowest BCUT2D eigenvalue weighted by Gasteiger charge is -2.24. The molecule has 2 amide bonds. The molecule has 0 radical (unpaired) electrons. The molecule has 1 unspecified atom stereocenters. The molecule has 6 heteroatoms. The van der Waals surface area contributed by atoms with Crippen molar-refractivity contribution in [1.29, 1.82) is 0 Å². The maximum Gasteiger partial charge on any atom is 0.270 e. The molecule has 1 saturated carbocycles. The van der Waals surface area contributed by atoms with Crippen LogP contribution in [0.2, 0.25) is 0 Å². The summed E-state index contributed by atoms with van der Waals surface area (Å²) in [5.41, 5.74) is 0.510. The first kappa shape index (κ1) is 16.4. The van der Waals surface area contributed by atoms with Crippen molar-refractivity contribution >= 4 is 23.2 Å². The summed E-state index contributed by atoms with van der Waals surface area (Å²) in [5, 5.41) is 5.79. The van der Waals surface area contributed by atoms with Crippen LogP contribution in [0.3, 0.4) is 0 Å². The van der Waals surface area contributed by atoms with Gasteiger partial charge in [-0.1, -0.05) is 19.8 Å². The predicted molar refractivity (Wildman–Crippen MR) is 90.5 cm³/mol. The maximum atomic E-state index is 12.2. The van der Waals surface area contributed by atoms with Crippen molar-refractivity contribution in [1.82, 2.24) is 15.2 Å². The van der Waals surface area contributed by atoms with E-state index >= 15 is 0 Å². The van der Waals surface area contributed by atoms with Crippen LogP contribution in [0.1, 0.15) is 60.9 Å². The highest BCUT2D eigenvalue weighted by Gasteiger charge is 2.35. The largest absolute Gasteiger partial charge is 0.350 e. The van der Waals surface area contributed by atoms with E-state index in [1.165, 1.54) is 12.8 Å². The number of amides is 2. The molecule has 1 atom stereocenters. The van der Waals surface area contributed by atoms with Crippen molar-refractivity contribution in [2.24, 2.45) is 5.92 Å². The third-order valence-corrected chi connectivity index (χ3v) is 5.71. The number of thiazole rings is 1.